The van der Waals surface area contributed by atoms with E-state index in [1.54, 1.807) is 0 Å². The topological polar surface area (TPSA) is 80.5 Å². The van der Waals surface area contributed by atoms with E-state index < -0.39 is 15.4 Å². The zero-order valence-corrected chi connectivity index (χ0v) is 14.7. The maximum absolute atomic E-state index is 12.8. The molecule has 1 aromatic carbocycles. The second kappa shape index (κ2) is 5.05. The Morgan fingerprint density at radius 1 is 1.39 bits per heavy atom. The third-order valence-electron chi connectivity index (χ3n) is 5.54. The number of rotatable bonds is 4. The molecule has 0 aromatic heterocycles. The number of nitrogens with zero attached hydrogens (tertiary/aromatic N) is 1. The second-order valence-corrected chi connectivity index (χ2v) is 9.75. The molecule has 126 valence electrons. The number of sulfonamides is 1. The lowest BCUT2D eigenvalue weighted by molar-refractivity contribution is -0.148. The molecule has 2 aliphatic rings. The molecule has 6 heteroatoms. The van der Waals surface area contributed by atoms with Gasteiger partial charge in [-0.05, 0) is 30.2 Å². The highest BCUT2D eigenvalue weighted by molar-refractivity contribution is 7.88. The Labute approximate surface area is 137 Å². The Kier molecular flexibility index (Phi) is 3.61. The number of aryl methyl sites for hydroxylation is 1. The fraction of sp³-hybridized carbons (Fsp3) is 0.588. The summed E-state index contributed by atoms with van der Waals surface area (Å²) in [4.78, 5) is 11.9. The van der Waals surface area contributed by atoms with E-state index >= 15 is 0 Å². The third kappa shape index (κ3) is 2.58. The average Bonchev–Trinajstić information content (AvgIpc) is 2.75. The molecule has 1 aliphatic heterocycles. The molecule has 1 saturated carbocycles. The highest BCUT2D eigenvalue weighted by Gasteiger charge is 2.67. The molecule has 0 bridgehead atoms. The van der Waals surface area contributed by atoms with Crippen molar-refractivity contribution >= 4 is 15.9 Å². The van der Waals surface area contributed by atoms with Gasteiger partial charge in [0.25, 0.3) is 0 Å². The van der Waals surface area contributed by atoms with Crippen molar-refractivity contribution in [2.75, 3.05) is 13.1 Å². The fourth-order valence-electron chi connectivity index (χ4n) is 4.50. The summed E-state index contributed by atoms with van der Waals surface area (Å²) in [7, 11) is -3.45. The minimum atomic E-state index is -3.45. The SMILES string of the molecule is Cc1cccc(CS(=O)(=O)N2C[C@@H]3C(C)(C)C[C@]3(C(N)=O)C2)c1. The van der Waals surface area contributed by atoms with Crippen LogP contribution >= 0.6 is 0 Å². The van der Waals surface area contributed by atoms with Gasteiger partial charge in [-0.15, -0.1) is 0 Å². The van der Waals surface area contributed by atoms with Crippen LogP contribution in [0.3, 0.4) is 0 Å². The average molecular weight is 336 g/mol. The first-order chi connectivity index (χ1) is 10.6. The molecule has 1 saturated heterocycles. The van der Waals surface area contributed by atoms with Gasteiger partial charge in [-0.1, -0.05) is 43.7 Å². The summed E-state index contributed by atoms with van der Waals surface area (Å²) in [6.07, 6.45) is 0.663. The van der Waals surface area contributed by atoms with Crippen molar-refractivity contribution in [2.45, 2.75) is 32.9 Å². The maximum Gasteiger partial charge on any atom is 0.225 e. The molecule has 1 aliphatic carbocycles. The van der Waals surface area contributed by atoms with Crippen LogP contribution in [-0.4, -0.2) is 31.7 Å². The van der Waals surface area contributed by atoms with E-state index in [9.17, 15) is 13.2 Å². The van der Waals surface area contributed by atoms with E-state index in [1.165, 1.54) is 4.31 Å². The Hall–Kier alpha value is -1.40. The third-order valence-corrected chi connectivity index (χ3v) is 7.30. The molecule has 1 aromatic rings. The van der Waals surface area contributed by atoms with E-state index in [2.05, 4.69) is 13.8 Å². The lowest BCUT2D eigenvalue weighted by Gasteiger charge is -2.54. The largest absolute Gasteiger partial charge is 0.369 e. The van der Waals surface area contributed by atoms with Crippen LogP contribution in [-0.2, 0) is 20.6 Å². The number of hydrogen-bond donors (Lipinski definition) is 1. The lowest BCUT2D eigenvalue weighted by Crippen LogP contribution is -2.59. The van der Waals surface area contributed by atoms with Crippen LogP contribution in [0.15, 0.2) is 24.3 Å². The number of carbonyl (C=O) groups excluding carboxylic acids is 1. The molecule has 2 fully saturated rings. The van der Waals surface area contributed by atoms with Crippen molar-refractivity contribution in [2.24, 2.45) is 22.5 Å². The molecule has 3 rings (SSSR count). The zero-order valence-electron chi connectivity index (χ0n) is 13.9. The van der Waals surface area contributed by atoms with Crippen LogP contribution in [0.5, 0.6) is 0 Å². The van der Waals surface area contributed by atoms with Gasteiger partial charge >= 0.3 is 0 Å². The van der Waals surface area contributed by atoms with Crippen LogP contribution in [0, 0.1) is 23.7 Å². The predicted molar refractivity (Wildman–Crippen MR) is 88.9 cm³/mol. The fourth-order valence-corrected chi connectivity index (χ4v) is 6.09. The highest BCUT2D eigenvalue weighted by atomic mass is 32.2. The number of amides is 1. The second-order valence-electron chi connectivity index (χ2n) is 7.78. The first kappa shape index (κ1) is 16.5. The van der Waals surface area contributed by atoms with Gasteiger partial charge in [0.05, 0.1) is 11.2 Å². The summed E-state index contributed by atoms with van der Waals surface area (Å²) < 4.78 is 27.0. The minimum absolute atomic E-state index is 0.0137. The number of primary amides is 1. The molecule has 2 atom stereocenters. The van der Waals surface area contributed by atoms with E-state index in [0.717, 1.165) is 11.1 Å². The maximum atomic E-state index is 12.8. The monoisotopic (exact) mass is 336 g/mol. The van der Waals surface area contributed by atoms with Crippen LogP contribution in [0.2, 0.25) is 0 Å². The Balaban J connectivity index is 1.84. The van der Waals surface area contributed by atoms with Gasteiger partial charge in [0.2, 0.25) is 15.9 Å². The summed E-state index contributed by atoms with van der Waals surface area (Å²) >= 11 is 0. The van der Waals surface area contributed by atoms with E-state index in [1.807, 2.05) is 31.2 Å². The van der Waals surface area contributed by atoms with Gasteiger partial charge in [-0.2, -0.15) is 0 Å². The quantitative estimate of drug-likeness (QED) is 0.908. The first-order valence-corrected chi connectivity index (χ1v) is 9.51. The van der Waals surface area contributed by atoms with Crippen molar-refractivity contribution in [1.82, 2.24) is 4.31 Å². The van der Waals surface area contributed by atoms with E-state index in [0.29, 0.717) is 13.0 Å². The summed E-state index contributed by atoms with van der Waals surface area (Å²) in [6.45, 7) is 6.72. The zero-order chi connectivity index (χ0) is 17.0. The van der Waals surface area contributed by atoms with E-state index in [4.69, 9.17) is 5.73 Å². The summed E-state index contributed by atoms with van der Waals surface area (Å²) in [5, 5.41) is 0. The van der Waals surface area contributed by atoms with Gasteiger partial charge in [0, 0.05) is 13.1 Å². The van der Waals surface area contributed by atoms with Gasteiger partial charge in [-0.25, -0.2) is 12.7 Å². The Morgan fingerprint density at radius 2 is 2.09 bits per heavy atom. The molecule has 5 nitrogen and oxygen atoms in total. The number of benzene rings is 1. The van der Waals surface area contributed by atoms with Crippen LogP contribution in [0.4, 0.5) is 0 Å². The molecule has 0 radical (unpaired) electrons. The summed E-state index contributed by atoms with van der Waals surface area (Å²) in [6, 6.07) is 7.51. The van der Waals surface area contributed by atoms with Crippen LogP contribution in [0.1, 0.15) is 31.4 Å². The molecular formula is C17H24N2O3S. The standard InChI is InChI=1S/C17H24N2O3S/c1-12-5-4-6-13(7-12)9-23(21,22)19-8-14-16(2,3)10-17(14,11-19)15(18)20/h4-7,14H,8-11H2,1-3H3,(H2,18,20)/t14-,17+/m1/s1. The van der Waals surface area contributed by atoms with Crippen molar-refractivity contribution in [3.63, 3.8) is 0 Å². The van der Waals surface area contributed by atoms with Gasteiger partial charge in [-0.3, -0.25) is 4.79 Å². The van der Waals surface area contributed by atoms with Crippen molar-refractivity contribution in [3.8, 4) is 0 Å². The van der Waals surface area contributed by atoms with Crippen LogP contribution in [0.25, 0.3) is 0 Å². The number of nitrogens with two attached hydrogens (primary N) is 1. The number of fused-ring (bicyclic) bond motifs is 1. The predicted octanol–water partition coefficient (Wildman–Crippen LogP) is 1.66. The van der Waals surface area contributed by atoms with Gasteiger partial charge in [0.1, 0.15) is 0 Å². The van der Waals surface area contributed by atoms with Crippen molar-refractivity contribution in [3.05, 3.63) is 35.4 Å². The van der Waals surface area contributed by atoms with Gasteiger partial charge in [0.15, 0.2) is 0 Å². The van der Waals surface area contributed by atoms with E-state index in [-0.39, 0.29) is 29.5 Å². The van der Waals surface area contributed by atoms with Crippen molar-refractivity contribution in [1.29, 1.82) is 0 Å². The lowest BCUT2D eigenvalue weighted by atomic mass is 9.48. The summed E-state index contributed by atoms with van der Waals surface area (Å²) in [5.41, 5.74) is 6.71. The van der Waals surface area contributed by atoms with Crippen molar-refractivity contribution < 1.29 is 13.2 Å². The molecule has 23 heavy (non-hydrogen) atoms. The Bertz CT molecular complexity index is 757. The molecular weight excluding hydrogens is 312 g/mol. The number of carbonyl (C=O) groups is 1. The normalized spacial score (nSPS) is 29.8. The number of hydrogen-bond acceptors (Lipinski definition) is 3. The Morgan fingerprint density at radius 3 is 2.61 bits per heavy atom. The molecule has 1 amide bonds. The van der Waals surface area contributed by atoms with Crippen LogP contribution < -0.4 is 5.73 Å². The summed E-state index contributed by atoms with van der Waals surface area (Å²) in [5.74, 6) is -0.383. The molecule has 0 unspecified atom stereocenters. The smallest absolute Gasteiger partial charge is 0.225 e. The first-order valence-electron chi connectivity index (χ1n) is 7.90. The molecule has 0 spiro atoms. The molecule has 1 heterocycles. The highest BCUT2D eigenvalue weighted by Crippen LogP contribution is 2.62. The molecule has 2 N–H and O–H groups in total. The minimum Gasteiger partial charge on any atom is -0.369 e. The van der Waals surface area contributed by atoms with Gasteiger partial charge < -0.3 is 5.73 Å².